The van der Waals surface area contributed by atoms with Crippen molar-refractivity contribution < 1.29 is 22.4 Å². The zero-order valence-corrected chi connectivity index (χ0v) is 12.0. The summed E-state index contributed by atoms with van der Waals surface area (Å²) in [6.45, 7) is 0. The largest absolute Gasteiger partial charge is 0.432 e. The normalized spacial score (nSPS) is 11.3. The molecule has 8 heteroatoms. The Hall–Kier alpha value is -3.16. The van der Waals surface area contributed by atoms with Crippen LogP contribution in [0.1, 0.15) is 16.1 Å². The van der Waals surface area contributed by atoms with Crippen LogP contribution < -0.4 is 5.32 Å². The highest BCUT2D eigenvalue weighted by molar-refractivity contribution is 6.02. The first-order valence-electron chi connectivity index (χ1n) is 6.78. The molecule has 0 aliphatic rings. The summed E-state index contributed by atoms with van der Waals surface area (Å²) in [6.07, 6.45) is -0.432. The fraction of sp³-hybridized carbons (Fsp3) is 0.0625. The maximum Gasteiger partial charge on any atom is 0.416 e. The number of hydrogen-bond donors (Lipinski definition) is 1. The van der Waals surface area contributed by atoms with Crippen LogP contribution in [0.5, 0.6) is 0 Å². The van der Waals surface area contributed by atoms with Gasteiger partial charge in [0, 0.05) is 6.20 Å². The molecule has 3 rings (SSSR count). The van der Waals surface area contributed by atoms with Crippen molar-refractivity contribution in [2.75, 3.05) is 5.32 Å². The third kappa shape index (κ3) is 3.43. The summed E-state index contributed by atoms with van der Waals surface area (Å²) in [6, 6.07) is 7.77. The van der Waals surface area contributed by atoms with E-state index in [1.807, 2.05) is 0 Å². The van der Waals surface area contributed by atoms with Gasteiger partial charge in [-0.15, -0.1) is 0 Å². The van der Waals surface area contributed by atoms with Gasteiger partial charge in [0.25, 0.3) is 5.91 Å². The summed E-state index contributed by atoms with van der Waals surface area (Å²) < 4.78 is 43.3. The molecule has 122 valence electrons. The van der Waals surface area contributed by atoms with E-state index in [0.717, 1.165) is 12.1 Å². The molecule has 24 heavy (non-hydrogen) atoms. The average molecular weight is 333 g/mol. The van der Waals surface area contributed by atoms with E-state index in [4.69, 9.17) is 4.42 Å². The highest BCUT2D eigenvalue weighted by atomic mass is 19.4. The fourth-order valence-electron chi connectivity index (χ4n) is 2.06. The average Bonchev–Trinajstić information content (AvgIpc) is 3.07. The monoisotopic (exact) mass is 333 g/mol. The number of oxazole rings is 1. The van der Waals surface area contributed by atoms with Gasteiger partial charge in [-0.05, 0) is 35.4 Å². The molecule has 3 aromatic rings. The number of alkyl halides is 3. The number of nitrogens with one attached hydrogen (secondary N) is 1. The number of pyridine rings is 1. The molecular formula is C16H10F3N3O2. The molecule has 0 bridgehead atoms. The first kappa shape index (κ1) is 15.7. The lowest BCUT2D eigenvalue weighted by molar-refractivity contribution is -0.137. The standard InChI is InChI=1S/C16H10F3N3O2/c17-16(18,19)12-3-1-2-10(8-12)11-4-5-20-13(9-11)14(23)22-15-21-6-7-24-15/h1-9H,(H,21,22,23). The van der Waals surface area contributed by atoms with Crippen LogP contribution >= 0.6 is 0 Å². The maximum atomic E-state index is 12.8. The summed E-state index contributed by atoms with van der Waals surface area (Å²) in [5, 5.41) is 2.39. The van der Waals surface area contributed by atoms with E-state index in [0.29, 0.717) is 11.1 Å². The van der Waals surface area contributed by atoms with Crippen LogP contribution in [0.2, 0.25) is 0 Å². The smallest absolute Gasteiger partial charge is 0.416 e. The van der Waals surface area contributed by atoms with Gasteiger partial charge in [-0.3, -0.25) is 15.1 Å². The van der Waals surface area contributed by atoms with Crippen LogP contribution in [-0.2, 0) is 6.18 Å². The lowest BCUT2D eigenvalue weighted by atomic mass is 10.0. The predicted molar refractivity (Wildman–Crippen MR) is 79.1 cm³/mol. The molecule has 0 radical (unpaired) electrons. The molecule has 0 fully saturated rings. The van der Waals surface area contributed by atoms with Crippen molar-refractivity contribution in [2.24, 2.45) is 0 Å². The van der Waals surface area contributed by atoms with E-state index in [1.54, 1.807) is 0 Å². The van der Waals surface area contributed by atoms with Crippen LogP contribution in [-0.4, -0.2) is 15.9 Å². The molecule has 5 nitrogen and oxygen atoms in total. The number of nitrogens with zero attached hydrogens (tertiary/aromatic N) is 2. The quantitative estimate of drug-likeness (QED) is 0.786. The Balaban J connectivity index is 1.89. The number of carbonyl (C=O) groups is 1. The van der Waals surface area contributed by atoms with Crippen molar-refractivity contribution in [3.05, 3.63) is 66.3 Å². The second-order valence-electron chi connectivity index (χ2n) is 4.80. The van der Waals surface area contributed by atoms with Gasteiger partial charge in [0.1, 0.15) is 12.0 Å². The number of benzene rings is 1. The maximum absolute atomic E-state index is 12.8. The van der Waals surface area contributed by atoms with E-state index < -0.39 is 17.6 Å². The summed E-state index contributed by atoms with van der Waals surface area (Å²) in [5.41, 5.74) is 0.0387. The minimum Gasteiger partial charge on any atom is -0.432 e. The molecule has 0 aliphatic carbocycles. The van der Waals surface area contributed by atoms with Crippen molar-refractivity contribution in [3.63, 3.8) is 0 Å². The van der Waals surface area contributed by atoms with Crippen molar-refractivity contribution in [1.29, 1.82) is 0 Å². The van der Waals surface area contributed by atoms with Crippen LogP contribution in [0.4, 0.5) is 19.2 Å². The second kappa shape index (κ2) is 6.15. The van der Waals surface area contributed by atoms with Crippen LogP contribution in [0.3, 0.4) is 0 Å². The molecule has 1 amide bonds. The molecule has 0 spiro atoms. The number of aromatic nitrogens is 2. The fourth-order valence-corrected chi connectivity index (χ4v) is 2.06. The minimum atomic E-state index is -4.44. The van der Waals surface area contributed by atoms with Gasteiger partial charge >= 0.3 is 12.2 Å². The molecule has 0 aliphatic heterocycles. The molecule has 1 N–H and O–H groups in total. The SMILES string of the molecule is O=C(Nc1ncco1)c1cc(-c2cccc(C(F)(F)F)c2)ccn1. The number of amides is 1. The van der Waals surface area contributed by atoms with Crippen molar-refractivity contribution in [2.45, 2.75) is 6.18 Å². The van der Waals surface area contributed by atoms with Crippen molar-refractivity contribution in [3.8, 4) is 11.1 Å². The molecule has 1 aromatic carbocycles. The van der Waals surface area contributed by atoms with Crippen LogP contribution in [0, 0.1) is 0 Å². The van der Waals surface area contributed by atoms with Crippen LogP contribution in [0.15, 0.2) is 59.5 Å². The zero-order valence-electron chi connectivity index (χ0n) is 12.0. The molecule has 0 saturated carbocycles. The topological polar surface area (TPSA) is 68.0 Å². The number of anilines is 1. The van der Waals surface area contributed by atoms with Crippen LogP contribution in [0.25, 0.3) is 11.1 Å². The zero-order chi connectivity index (χ0) is 17.2. The van der Waals surface area contributed by atoms with Crippen molar-refractivity contribution in [1.82, 2.24) is 9.97 Å². The Morgan fingerprint density at radius 1 is 1.04 bits per heavy atom. The molecule has 0 saturated heterocycles. The van der Waals surface area contributed by atoms with E-state index in [1.165, 1.54) is 42.9 Å². The molecule has 2 heterocycles. The van der Waals surface area contributed by atoms with E-state index in [-0.39, 0.29) is 11.7 Å². The second-order valence-corrected chi connectivity index (χ2v) is 4.80. The highest BCUT2D eigenvalue weighted by Crippen LogP contribution is 2.32. The third-order valence-electron chi connectivity index (χ3n) is 3.17. The van der Waals surface area contributed by atoms with Gasteiger partial charge in [0.2, 0.25) is 0 Å². The Labute approximate surface area is 134 Å². The Morgan fingerprint density at radius 2 is 1.83 bits per heavy atom. The highest BCUT2D eigenvalue weighted by Gasteiger charge is 2.30. The molecule has 0 unspecified atom stereocenters. The third-order valence-corrected chi connectivity index (χ3v) is 3.17. The molecular weight excluding hydrogens is 323 g/mol. The minimum absolute atomic E-state index is 0.00581. The van der Waals surface area contributed by atoms with E-state index >= 15 is 0 Å². The lowest BCUT2D eigenvalue weighted by Crippen LogP contribution is -2.13. The lowest BCUT2D eigenvalue weighted by Gasteiger charge is -2.09. The van der Waals surface area contributed by atoms with E-state index in [2.05, 4.69) is 15.3 Å². The summed E-state index contributed by atoms with van der Waals surface area (Å²) in [7, 11) is 0. The number of hydrogen-bond acceptors (Lipinski definition) is 4. The Kier molecular flexibility index (Phi) is 4.03. The summed E-state index contributed by atoms with van der Waals surface area (Å²) in [5.74, 6) is -0.578. The van der Waals surface area contributed by atoms with Gasteiger partial charge in [-0.1, -0.05) is 12.1 Å². The summed E-state index contributed by atoms with van der Waals surface area (Å²) >= 11 is 0. The van der Waals surface area contributed by atoms with E-state index in [9.17, 15) is 18.0 Å². The van der Waals surface area contributed by atoms with Gasteiger partial charge in [0.05, 0.1) is 11.8 Å². The Morgan fingerprint density at radius 3 is 2.54 bits per heavy atom. The van der Waals surface area contributed by atoms with Gasteiger partial charge in [-0.25, -0.2) is 4.98 Å². The van der Waals surface area contributed by atoms with Gasteiger partial charge in [-0.2, -0.15) is 13.2 Å². The van der Waals surface area contributed by atoms with Gasteiger partial charge < -0.3 is 4.42 Å². The molecule has 2 aromatic heterocycles. The van der Waals surface area contributed by atoms with Gasteiger partial charge in [0.15, 0.2) is 0 Å². The first-order valence-corrected chi connectivity index (χ1v) is 6.78. The summed E-state index contributed by atoms with van der Waals surface area (Å²) in [4.78, 5) is 19.7. The van der Waals surface area contributed by atoms with Crippen molar-refractivity contribution >= 4 is 11.9 Å². The Bertz CT molecular complexity index is 861. The number of halogens is 3. The molecule has 0 atom stereocenters. The number of carbonyl (C=O) groups excluding carboxylic acids is 1. The number of rotatable bonds is 3. The predicted octanol–water partition coefficient (Wildman–Crippen LogP) is 4.01. The first-order chi connectivity index (χ1) is 11.4.